The van der Waals surface area contributed by atoms with Gasteiger partial charge in [-0.15, -0.1) is 10.2 Å². The number of para-hydroxylation sites is 1. The zero-order valence-corrected chi connectivity index (χ0v) is 14.0. The van der Waals surface area contributed by atoms with Crippen molar-refractivity contribution in [2.75, 3.05) is 12.4 Å². The van der Waals surface area contributed by atoms with E-state index in [0.717, 1.165) is 5.56 Å². The molecule has 0 bridgehead atoms. The molecule has 0 aliphatic rings. The molecule has 3 rings (SSSR count). The van der Waals surface area contributed by atoms with Gasteiger partial charge in [-0.2, -0.15) is 0 Å². The Morgan fingerprint density at radius 3 is 2.62 bits per heavy atom. The molecule has 1 heterocycles. The number of aromatic nitrogens is 2. The number of hydrogen-bond acceptors (Lipinski definition) is 6. The van der Waals surface area contributed by atoms with Gasteiger partial charge in [0, 0.05) is 5.56 Å². The highest BCUT2D eigenvalue weighted by Gasteiger charge is 2.15. The van der Waals surface area contributed by atoms with Crippen molar-refractivity contribution in [1.29, 1.82) is 0 Å². The van der Waals surface area contributed by atoms with E-state index in [1.54, 1.807) is 12.1 Å². The molecule has 5 nitrogen and oxygen atoms in total. The Morgan fingerprint density at radius 1 is 1.08 bits per heavy atom. The number of rotatable bonds is 7. The Kier molecular flexibility index (Phi) is 5.28. The number of ether oxygens (including phenoxy) is 1. The molecular formula is C18H16N2O3S. The minimum Gasteiger partial charge on any atom is -0.493 e. The largest absolute Gasteiger partial charge is 0.493 e. The van der Waals surface area contributed by atoms with Crippen LogP contribution in [0.4, 0.5) is 0 Å². The van der Waals surface area contributed by atoms with Crippen LogP contribution in [0.3, 0.4) is 0 Å². The Balaban J connectivity index is 1.69. The highest BCUT2D eigenvalue weighted by molar-refractivity contribution is 7.99. The maximum Gasteiger partial charge on any atom is 0.277 e. The molecule has 0 saturated heterocycles. The smallest absolute Gasteiger partial charge is 0.277 e. The molecule has 6 heteroatoms. The van der Waals surface area contributed by atoms with Gasteiger partial charge in [-0.3, -0.25) is 4.79 Å². The quantitative estimate of drug-likeness (QED) is 0.476. The number of benzene rings is 2. The van der Waals surface area contributed by atoms with Gasteiger partial charge in [0.2, 0.25) is 0 Å². The molecule has 0 aliphatic heterocycles. The molecule has 0 amide bonds. The molecule has 3 aromatic rings. The van der Waals surface area contributed by atoms with Crippen LogP contribution in [-0.2, 0) is 0 Å². The summed E-state index contributed by atoms with van der Waals surface area (Å²) in [6.07, 6.45) is 0. The van der Waals surface area contributed by atoms with Crippen LogP contribution >= 0.6 is 11.8 Å². The van der Waals surface area contributed by atoms with E-state index in [1.165, 1.54) is 11.8 Å². The van der Waals surface area contributed by atoms with Gasteiger partial charge in [0.1, 0.15) is 5.75 Å². The summed E-state index contributed by atoms with van der Waals surface area (Å²) in [7, 11) is 0. The fourth-order valence-corrected chi connectivity index (χ4v) is 2.79. The zero-order valence-electron chi connectivity index (χ0n) is 13.1. The maximum absolute atomic E-state index is 12.1. The van der Waals surface area contributed by atoms with Crippen molar-refractivity contribution in [2.45, 2.75) is 12.1 Å². The van der Waals surface area contributed by atoms with Crippen LogP contribution in [-0.4, -0.2) is 28.3 Å². The molecule has 2 aromatic carbocycles. The number of hydrogen-bond donors (Lipinski definition) is 0. The van der Waals surface area contributed by atoms with E-state index in [2.05, 4.69) is 10.2 Å². The van der Waals surface area contributed by atoms with E-state index < -0.39 is 0 Å². The standard InChI is InChI=1S/C18H16N2O3S/c1-2-22-16-11-7-6-10-14(16)17-19-20-18(23-17)24-12-15(21)13-8-4-3-5-9-13/h3-11H,2,12H2,1H3. The van der Waals surface area contributed by atoms with Crippen LogP contribution in [0.15, 0.2) is 64.2 Å². The summed E-state index contributed by atoms with van der Waals surface area (Å²) in [5.41, 5.74) is 1.42. The molecule has 0 spiro atoms. The molecule has 0 saturated carbocycles. The summed E-state index contributed by atoms with van der Waals surface area (Å²) >= 11 is 1.23. The third kappa shape index (κ3) is 3.83. The molecule has 0 atom stereocenters. The molecule has 0 fully saturated rings. The number of thioether (sulfide) groups is 1. The lowest BCUT2D eigenvalue weighted by atomic mass is 10.2. The lowest BCUT2D eigenvalue weighted by molar-refractivity contribution is 0.102. The molecular weight excluding hydrogens is 324 g/mol. The minimum absolute atomic E-state index is 0.0232. The Bertz CT molecular complexity index is 818. The van der Waals surface area contributed by atoms with Gasteiger partial charge in [0.05, 0.1) is 17.9 Å². The molecule has 1 aromatic heterocycles. The molecule has 0 radical (unpaired) electrons. The number of Topliss-reactive ketones (excluding diaryl/α,β-unsaturated/α-hetero) is 1. The van der Waals surface area contributed by atoms with E-state index in [0.29, 0.717) is 29.0 Å². The second-order valence-corrected chi connectivity index (χ2v) is 5.81. The van der Waals surface area contributed by atoms with Gasteiger partial charge in [-0.25, -0.2) is 0 Å². The summed E-state index contributed by atoms with van der Waals surface area (Å²) in [6, 6.07) is 16.6. The van der Waals surface area contributed by atoms with E-state index in [-0.39, 0.29) is 11.5 Å². The van der Waals surface area contributed by atoms with Gasteiger partial charge in [0.15, 0.2) is 5.78 Å². The third-order valence-corrected chi connectivity index (χ3v) is 4.06. The highest BCUT2D eigenvalue weighted by atomic mass is 32.2. The molecule has 24 heavy (non-hydrogen) atoms. The summed E-state index contributed by atoms with van der Waals surface area (Å²) in [4.78, 5) is 12.1. The van der Waals surface area contributed by atoms with E-state index >= 15 is 0 Å². The van der Waals surface area contributed by atoms with E-state index in [9.17, 15) is 4.79 Å². The predicted molar refractivity (Wildman–Crippen MR) is 92.4 cm³/mol. The average molecular weight is 340 g/mol. The van der Waals surface area contributed by atoms with Crippen LogP contribution in [0.1, 0.15) is 17.3 Å². The van der Waals surface area contributed by atoms with Crippen LogP contribution < -0.4 is 4.74 Å². The topological polar surface area (TPSA) is 65.2 Å². The second kappa shape index (κ2) is 7.79. The fraction of sp³-hybridized carbons (Fsp3) is 0.167. The molecule has 0 aliphatic carbocycles. The normalized spacial score (nSPS) is 10.5. The average Bonchev–Trinajstić information content (AvgIpc) is 3.10. The number of carbonyl (C=O) groups is 1. The van der Waals surface area contributed by atoms with Gasteiger partial charge < -0.3 is 9.15 Å². The summed E-state index contributed by atoms with van der Waals surface area (Å²) < 4.78 is 11.2. The molecule has 0 N–H and O–H groups in total. The lowest BCUT2D eigenvalue weighted by Gasteiger charge is -2.06. The van der Waals surface area contributed by atoms with Crippen LogP contribution in [0.5, 0.6) is 5.75 Å². The summed E-state index contributed by atoms with van der Waals surface area (Å²) in [5, 5.41) is 8.41. The first-order valence-corrected chi connectivity index (χ1v) is 8.53. The Labute approximate surface area is 144 Å². The van der Waals surface area contributed by atoms with Crippen LogP contribution in [0.2, 0.25) is 0 Å². The monoisotopic (exact) mass is 340 g/mol. The van der Waals surface area contributed by atoms with Crippen LogP contribution in [0.25, 0.3) is 11.5 Å². The van der Waals surface area contributed by atoms with Crippen LogP contribution in [0, 0.1) is 0 Å². The van der Waals surface area contributed by atoms with Gasteiger partial charge in [-0.05, 0) is 19.1 Å². The molecule has 122 valence electrons. The minimum atomic E-state index is 0.0232. The first kappa shape index (κ1) is 16.3. The lowest BCUT2D eigenvalue weighted by Crippen LogP contribution is -2.01. The number of ketones is 1. The van der Waals surface area contributed by atoms with Crippen molar-refractivity contribution in [3.05, 3.63) is 60.2 Å². The van der Waals surface area contributed by atoms with E-state index in [1.807, 2.05) is 49.4 Å². The van der Waals surface area contributed by atoms with E-state index in [4.69, 9.17) is 9.15 Å². The van der Waals surface area contributed by atoms with Gasteiger partial charge in [-0.1, -0.05) is 54.2 Å². The molecule has 0 unspecified atom stereocenters. The van der Waals surface area contributed by atoms with Crippen molar-refractivity contribution in [3.63, 3.8) is 0 Å². The highest BCUT2D eigenvalue weighted by Crippen LogP contribution is 2.30. The third-order valence-electron chi connectivity index (χ3n) is 3.25. The van der Waals surface area contributed by atoms with Gasteiger partial charge >= 0.3 is 0 Å². The number of nitrogens with zero attached hydrogens (tertiary/aromatic N) is 2. The first-order chi connectivity index (χ1) is 11.8. The predicted octanol–water partition coefficient (Wildman–Crippen LogP) is 4.11. The van der Waals surface area contributed by atoms with Crippen molar-refractivity contribution >= 4 is 17.5 Å². The van der Waals surface area contributed by atoms with Crippen molar-refractivity contribution in [3.8, 4) is 17.2 Å². The summed E-state index contributed by atoms with van der Waals surface area (Å²) in [6.45, 7) is 2.47. The zero-order chi connectivity index (χ0) is 16.8. The Morgan fingerprint density at radius 2 is 1.83 bits per heavy atom. The second-order valence-electron chi connectivity index (χ2n) is 4.88. The maximum atomic E-state index is 12.1. The van der Waals surface area contributed by atoms with Gasteiger partial charge in [0.25, 0.3) is 11.1 Å². The van der Waals surface area contributed by atoms with Crippen molar-refractivity contribution in [1.82, 2.24) is 10.2 Å². The fourth-order valence-electron chi connectivity index (χ4n) is 2.14. The summed E-state index contributed by atoms with van der Waals surface area (Å²) in [5.74, 6) is 1.35. The Hall–Kier alpha value is -2.60. The first-order valence-electron chi connectivity index (χ1n) is 7.54. The van der Waals surface area contributed by atoms with Crippen molar-refractivity contribution < 1.29 is 13.9 Å². The van der Waals surface area contributed by atoms with Crippen molar-refractivity contribution in [2.24, 2.45) is 0 Å². The SMILES string of the molecule is CCOc1ccccc1-c1nnc(SCC(=O)c2ccccc2)o1. The number of carbonyl (C=O) groups excluding carboxylic acids is 1.